The average molecular weight is 847 g/mol. The van der Waals surface area contributed by atoms with Gasteiger partial charge in [0.2, 0.25) is 5.91 Å². The number of anilines is 1. The summed E-state index contributed by atoms with van der Waals surface area (Å²) < 4.78 is 26.0. The second-order valence-electron chi connectivity index (χ2n) is 16.6. The lowest BCUT2D eigenvalue weighted by molar-refractivity contribution is -0.160. The van der Waals surface area contributed by atoms with E-state index in [9.17, 15) is 19.2 Å². The highest BCUT2D eigenvalue weighted by Gasteiger charge is 2.48. The van der Waals surface area contributed by atoms with Gasteiger partial charge in [0.05, 0.1) is 25.3 Å². The maximum atomic E-state index is 16.0. The zero-order valence-electron chi connectivity index (χ0n) is 35.6. The molecule has 1 aliphatic heterocycles. The lowest BCUT2D eigenvalue weighted by Gasteiger charge is -2.44. The van der Waals surface area contributed by atoms with Gasteiger partial charge in [-0.3, -0.25) is 14.5 Å². The number of benzene rings is 5. The summed E-state index contributed by atoms with van der Waals surface area (Å²) in [6.45, 7) is 2.00. The van der Waals surface area contributed by atoms with Gasteiger partial charge in [0.25, 0.3) is 5.91 Å². The fraction of sp³-hybridized carbons (Fsp3) is 0.327. The van der Waals surface area contributed by atoms with E-state index in [2.05, 4.69) is 18.2 Å². The van der Waals surface area contributed by atoms with Crippen LogP contribution in [0.2, 0.25) is 0 Å². The molecular formula is C52H51FN4O6. The Morgan fingerprint density at radius 3 is 2.05 bits per heavy atom. The zero-order valence-corrected chi connectivity index (χ0v) is 35.6. The smallest absolute Gasteiger partial charge is 0.410 e. The van der Waals surface area contributed by atoms with Crippen LogP contribution in [0.3, 0.4) is 0 Å². The number of carbonyl (C=O) groups is 4. The van der Waals surface area contributed by atoms with E-state index in [1.807, 2.05) is 60.7 Å². The van der Waals surface area contributed by atoms with Crippen molar-refractivity contribution in [2.45, 2.75) is 82.5 Å². The molecule has 8 rings (SSSR count). The quantitative estimate of drug-likeness (QED) is 0.115. The predicted octanol–water partition coefficient (Wildman–Crippen LogP) is 9.51. The van der Waals surface area contributed by atoms with E-state index in [4.69, 9.17) is 9.47 Å². The van der Waals surface area contributed by atoms with Crippen molar-refractivity contribution in [2.24, 2.45) is 5.92 Å². The number of esters is 1. The lowest BCUT2D eigenvalue weighted by Crippen LogP contribution is -2.60. The van der Waals surface area contributed by atoms with Gasteiger partial charge < -0.3 is 19.3 Å². The van der Waals surface area contributed by atoms with Gasteiger partial charge in [-0.25, -0.2) is 14.0 Å². The van der Waals surface area contributed by atoms with Gasteiger partial charge in [-0.2, -0.15) is 5.26 Å². The highest BCUT2D eigenvalue weighted by molar-refractivity contribution is 6.02. The first-order valence-electron chi connectivity index (χ1n) is 21.9. The highest BCUT2D eigenvalue weighted by atomic mass is 19.1. The summed E-state index contributed by atoms with van der Waals surface area (Å²) in [4.78, 5) is 64.8. The van der Waals surface area contributed by atoms with Crippen molar-refractivity contribution in [1.82, 2.24) is 9.80 Å². The molecule has 0 saturated heterocycles. The Balaban J connectivity index is 1.23. The van der Waals surface area contributed by atoms with Crippen LogP contribution in [0.5, 0.6) is 0 Å². The molecule has 0 aromatic heterocycles. The number of nitriles is 1. The van der Waals surface area contributed by atoms with Crippen LogP contribution in [-0.2, 0) is 36.8 Å². The van der Waals surface area contributed by atoms with Crippen molar-refractivity contribution < 1.29 is 33.0 Å². The van der Waals surface area contributed by atoms with Crippen LogP contribution in [0, 0.1) is 23.1 Å². The number of hydrogen-bond donors (Lipinski definition) is 0. The van der Waals surface area contributed by atoms with Crippen LogP contribution >= 0.6 is 0 Å². The number of rotatable bonds is 12. The number of hydrogen-bond acceptors (Lipinski definition) is 7. The largest absolute Gasteiger partial charge is 0.467 e. The van der Waals surface area contributed by atoms with Gasteiger partial charge in [0.1, 0.15) is 30.5 Å². The van der Waals surface area contributed by atoms with Gasteiger partial charge in [-0.05, 0) is 94.6 Å². The SMILES string of the molecule is CCN(C(=O)C(c1ccc(C#N)cc1)N(C(=O)C1Cc2ccccc2CN1C(=O)OCC1c2ccccc2-c2ccccc21)C(CC1CCCCC1)C(=O)OC)c1ccc(F)cc1. The van der Waals surface area contributed by atoms with Gasteiger partial charge in [-0.1, -0.05) is 117 Å². The first-order chi connectivity index (χ1) is 30.7. The zero-order chi connectivity index (χ0) is 44.0. The summed E-state index contributed by atoms with van der Waals surface area (Å²) in [6.07, 6.45) is 4.30. The van der Waals surface area contributed by atoms with Crippen LogP contribution in [0.1, 0.15) is 90.8 Å². The number of nitrogens with zero attached hydrogens (tertiary/aromatic N) is 4. The molecule has 10 nitrogen and oxygen atoms in total. The van der Waals surface area contributed by atoms with Crippen molar-refractivity contribution in [3.05, 3.63) is 161 Å². The first kappa shape index (κ1) is 42.9. The Labute approximate surface area is 367 Å². The monoisotopic (exact) mass is 846 g/mol. The molecule has 3 amide bonds. The fourth-order valence-electron chi connectivity index (χ4n) is 9.84. The van der Waals surface area contributed by atoms with Crippen molar-refractivity contribution >= 4 is 29.6 Å². The topological polar surface area (TPSA) is 120 Å². The average Bonchev–Trinajstić information content (AvgIpc) is 3.65. The van der Waals surface area contributed by atoms with Crippen LogP contribution < -0.4 is 4.90 Å². The molecule has 1 saturated carbocycles. The molecule has 3 atom stereocenters. The van der Waals surface area contributed by atoms with E-state index in [1.54, 1.807) is 31.2 Å². The number of ether oxygens (including phenoxy) is 2. The van der Waals surface area contributed by atoms with E-state index in [1.165, 1.54) is 46.1 Å². The summed E-state index contributed by atoms with van der Waals surface area (Å²) in [5.41, 5.74) is 7.04. The van der Waals surface area contributed by atoms with E-state index in [-0.39, 0.29) is 44.4 Å². The Hall–Kier alpha value is -6.80. The first-order valence-corrected chi connectivity index (χ1v) is 21.9. The predicted molar refractivity (Wildman–Crippen MR) is 237 cm³/mol. The van der Waals surface area contributed by atoms with Crippen LogP contribution in [-0.4, -0.2) is 66.0 Å². The van der Waals surface area contributed by atoms with Crippen LogP contribution in [0.25, 0.3) is 11.1 Å². The van der Waals surface area contributed by atoms with Crippen molar-refractivity contribution in [3.8, 4) is 17.2 Å². The highest BCUT2D eigenvalue weighted by Crippen LogP contribution is 2.45. The molecule has 5 aromatic carbocycles. The summed E-state index contributed by atoms with van der Waals surface area (Å²) >= 11 is 0. The van der Waals surface area contributed by atoms with Gasteiger partial charge in [0.15, 0.2) is 0 Å². The normalized spacial score (nSPS) is 16.7. The molecule has 0 radical (unpaired) electrons. The second kappa shape index (κ2) is 19.1. The molecule has 0 N–H and O–H groups in total. The van der Waals surface area contributed by atoms with E-state index in [0.29, 0.717) is 16.8 Å². The molecule has 11 heteroatoms. The fourth-order valence-corrected chi connectivity index (χ4v) is 9.84. The number of amides is 3. The molecule has 3 aliphatic rings. The summed E-state index contributed by atoms with van der Waals surface area (Å²) in [5.74, 6) is -2.51. The number of carbonyl (C=O) groups excluding carboxylic acids is 4. The van der Waals surface area contributed by atoms with Crippen LogP contribution in [0.15, 0.2) is 121 Å². The minimum Gasteiger partial charge on any atom is -0.467 e. The van der Waals surface area contributed by atoms with Crippen molar-refractivity contribution in [2.75, 3.05) is 25.2 Å². The lowest BCUT2D eigenvalue weighted by atomic mass is 9.83. The Bertz CT molecular complexity index is 2470. The Morgan fingerprint density at radius 1 is 0.810 bits per heavy atom. The molecule has 5 aromatic rings. The van der Waals surface area contributed by atoms with Crippen molar-refractivity contribution in [3.63, 3.8) is 0 Å². The molecule has 3 unspecified atom stereocenters. The van der Waals surface area contributed by atoms with E-state index >= 15 is 9.59 Å². The van der Waals surface area contributed by atoms with Gasteiger partial charge >= 0.3 is 12.1 Å². The van der Waals surface area contributed by atoms with E-state index in [0.717, 1.165) is 65.5 Å². The molecule has 0 bridgehead atoms. The third-order valence-electron chi connectivity index (χ3n) is 13.0. The number of halogens is 1. The summed E-state index contributed by atoms with van der Waals surface area (Å²) in [5, 5.41) is 9.76. The minimum atomic E-state index is -1.43. The molecule has 1 heterocycles. The Morgan fingerprint density at radius 2 is 1.43 bits per heavy atom. The van der Waals surface area contributed by atoms with Crippen LogP contribution in [0.4, 0.5) is 14.9 Å². The molecule has 2 aliphatic carbocycles. The second-order valence-corrected chi connectivity index (χ2v) is 16.6. The van der Waals surface area contributed by atoms with Crippen molar-refractivity contribution in [1.29, 1.82) is 5.26 Å². The molecule has 63 heavy (non-hydrogen) atoms. The number of methoxy groups -OCH3 is 1. The van der Waals surface area contributed by atoms with E-state index < -0.39 is 47.8 Å². The molecule has 1 fully saturated rings. The maximum absolute atomic E-state index is 16.0. The summed E-state index contributed by atoms with van der Waals surface area (Å²) in [6, 6.07) is 33.9. The number of likely N-dealkylation sites (N-methyl/N-ethyl adjacent to an activating group) is 1. The van der Waals surface area contributed by atoms with Gasteiger partial charge in [-0.15, -0.1) is 0 Å². The molecule has 0 spiro atoms. The third kappa shape index (κ3) is 8.81. The minimum absolute atomic E-state index is 0.0254. The molecular weight excluding hydrogens is 796 g/mol. The summed E-state index contributed by atoms with van der Waals surface area (Å²) in [7, 11) is 1.27. The number of fused-ring (bicyclic) bond motifs is 4. The molecule has 322 valence electrons. The maximum Gasteiger partial charge on any atom is 0.410 e. The van der Waals surface area contributed by atoms with Gasteiger partial charge in [0, 0.05) is 24.6 Å². The Kier molecular flexibility index (Phi) is 13.0. The third-order valence-corrected chi connectivity index (χ3v) is 13.0. The standard InChI is InChI=1S/C52H51FN4O6/c1-3-55(40-27-25-39(53)26-28-40)50(59)48(36-23-21-35(31-54)22-24-36)57(47(51(60)62-2)29-34-13-5-4-6-14-34)49(58)46-30-37-15-7-8-16-38(37)32-56(46)52(61)63-33-45-43-19-11-9-17-41(43)42-18-10-12-20-44(42)45/h7-12,15-28,34,45-48H,3-6,13-14,29-30,32-33H2,1-2H3.